The van der Waals surface area contributed by atoms with Gasteiger partial charge in [-0.15, -0.1) is 15.0 Å². The fourth-order valence-corrected chi connectivity index (χ4v) is 2.18. The Balaban J connectivity index is 1.94. The van der Waals surface area contributed by atoms with Crippen LogP contribution in [0.2, 0.25) is 0 Å². The molecule has 3 aromatic rings. The highest BCUT2D eigenvalue weighted by molar-refractivity contribution is 5.86. The van der Waals surface area contributed by atoms with Crippen LogP contribution in [0.25, 0.3) is 16.7 Å². The highest BCUT2D eigenvalue weighted by atomic mass is 16.5. The largest absolute Gasteiger partial charge is 0.506 e. The standard InChI is InChI=1S/C18H14N4O3/c1-11(2)18(24)25-10-13-4-6-17(23)16(8-13)22-20-14-5-3-12(9-19)7-15(14)21-22/h3-8,23H,1,10H2,2H3. The van der Waals surface area contributed by atoms with Crippen molar-refractivity contribution in [2.24, 2.45) is 0 Å². The maximum atomic E-state index is 11.5. The average molecular weight is 334 g/mol. The van der Waals surface area contributed by atoms with Crippen LogP contribution in [-0.2, 0) is 16.1 Å². The molecule has 0 aliphatic carbocycles. The van der Waals surface area contributed by atoms with E-state index in [1.165, 1.54) is 10.9 Å². The Morgan fingerprint density at radius 2 is 2.04 bits per heavy atom. The van der Waals surface area contributed by atoms with E-state index < -0.39 is 5.97 Å². The number of carbonyl (C=O) groups is 1. The van der Waals surface area contributed by atoms with E-state index in [1.54, 1.807) is 37.3 Å². The van der Waals surface area contributed by atoms with Crippen LogP contribution in [0.5, 0.6) is 5.75 Å². The fourth-order valence-electron chi connectivity index (χ4n) is 2.18. The van der Waals surface area contributed by atoms with Crippen molar-refractivity contribution >= 4 is 17.0 Å². The zero-order valence-corrected chi connectivity index (χ0v) is 13.4. The topological polar surface area (TPSA) is 101 Å². The van der Waals surface area contributed by atoms with Crippen LogP contribution in [0.4, 0.5) is 0 Å². The maximum absolute atomic E-state index is 11.5. The quantitative estimate of drug-likeness (QED) is 0.581. The van der Waals surface area contributed by atoms with Crippen LogP contribution in [-0.4, -0.2) is 26.1 Å². The molecule has 0 radical (unpaired) electrons. The molecular formula is C18H14N4O3. The van der Waals surface area contributed by atoms with Crippen molar-refractivity contribution in [1.29, 1.82) is 5.26 Å². The van der Waals surface area contributed by atoms with E-state index in [-0.39, 0.29) is 12.4 Å². The molecule has 0 amide bonds. The third-order valence-corrected chi connectivity index (χ3v) is 3.48. The summed E-state index contributed by atoms with van der Waals surface area (Å²) in [6.45, 7) is 5.13. The van der Waals surface area contributed by atoms with Gasteiger partial charge < -0.3 is 9.84 Å². The number of benzene rings is 2. The first kappa shape index (κ1) is 16.2. The lowest BCUT2D eigenvalue weighted by Crippen LogP contribution is -2.06. The number of carbonyl (C=O) groups excluding carboxylic acids is 1. The number of fused-ring (bicyclic) bond motifs is 1. The smallest absolute Gasteiger partial charge is 0.333 e. The summed E-state index contributed by atoms with van der Waals surface area (Å²) in [5.74, 6) is -0.502. The minimum Gasteiger partial charge on any atom is -0.506 e. The molecule has 3 rings (SSSR count). The van der Waals surface area contributed by atoms with Gasteiger partial charge in [0.05, 0.1) is 11.6 Å². The highest BCUT2D eigenvalue weighted by Gasteiger charge is 2.11. The molecule has 0 saturated carbocycles. The number of phenols is 1. The van der Waals surface area contributed by atoms with Crippen molar-refractivity contribution in [3.8, 4) is 17.5 Å². The van der Waals surface area contributed by atoms with Gasteiger partial charge in [-0.05, 0) is 42.8 Å². The number of aromatic nitrogens is 3. The van der Waals surface area contributed by atoms with Crippen LogP contribution >= 0.6 is 0 Å². The van der Waals surface area contributed by atoms with Crippen LogP contribution in [0.3, 0.4) is 0 Å². The first-order valence-corrected chi connectivity index (χ1v) is 7.40. The zero-order chi connectivity index (χ0) is 18.0. The number of esters is 1. The lowest BCUT2D eigenvalue weighted by atomic mass is 10.2. The molecule has 0 aliphatic heterocycles. The van der Waals surface area contributed by atoms with Gasteiger partial charge in [-0.25, -0.2) is 4.79 Å². The Labute approximate surface area is 143 Å². The predicted octanol–water partition coefficient (Wildman–Crippen LogP) is 2.62. The highest BCUT2D eigenvalue weighted by Crippen LogP contribution is 2.24. The molecule has 1 N–H and O–H groups in total. The molecule has 1 heterocycles. The second kappa shape index (κ2) is 6.45. The molecule has 2 aromatic carbocycles. The van der Waals surface area contributed by atoms with E-state index in [0.717, 1.165) is 0 Å². The third-order valence-electron chi connectivity index (χ3n) is 3.48. The van der Waals surface area contributed by atoms with Gasteiger partial charge in [-0.3, -0.25) is 0 Å². The van der Waals surface area contributed by atoms with Gasteiger partial charge in [0.15, 0.2) is 0 Å². The summed E-state index contributed by atoms with van der Waals surface area (Å²) in [6.07, 6.45) is 0. The van der Waals surface area contributed by atoms with Crippen molar-refractivity contribution in [2.75, 3.05) is 0 Å². The van der Waals surface area contributed by atoms with Gasteiger partial charge in [-0.2, -0.15) is 5.26 Å². The molecule has 7 nitrogen and oxygen atoms in total. The summed E-state index contributed by atoms with van der Waals surface area (Å²) < 4.78 is 5.10. The summed E-state index contributed by atoms with van der Waals surface area (Å²) in [6, 6.07) is 11.7. The second-order valence-electron chi connectivity index (χ2n) is 5.48. The van der Waals surface area contributed by atoms with Crippen LogP contribution in [0, 0.1) is 11.3 Å². The molecule has 25 heavy (non-hydrogen) atoms. The summed E-state index contributed by atoms with van der Waals surface area (Å²) in [5, 5.41) is 27.6. The van der Waals surface area contributed by atoms with E-state index in [1.807, 2.05) is 6.07 Å². The predicted molar refractivity (Wildman–Crippen MR) is 89.9 cm³/mol. The third kappa shape index (κ3) is 3.33. The van der Waals surface area contributed by atoms with E-state index >= 15 is 0 Å². The van der Waals surface area contributed by atoms with E-state index in [9.17, 15) is 9.90 Å². The summed E-state index contributed by atoms with van der Waals surface area (Å²) in [7, 11) is 0. The second-order valence-corrected chi connectivity index (χ2v) is 5.48. The number of ether oxygens (including phenoxy) is 1. The molecule has 0 spiro atoms. The van der Waals surface area contributed by atoms with Gasteiger partial charge in [-0.1, -0.05) is 12.6 Å². The van der Waals surface area contributed by atoms with Gasteiger partial charge in [0.25, 0.3) is 0 Å². The Morgan fingerprint density at radius 3 is 2.76 bits per heavy atom. The number of phenolic OH excluding ortho intramolecular Hbond substituents is 1. The number of hydrogen-bond acceptors (Lipinski definition) is 6. The molecule has 0 saturated heterocycles. The van der Waals surface area contributed by atoms with Gasteiger partial charge in [0.2, 0.25) is 0 Å². The molecule has 0 fully saturated rings. The minimum absolute atomic E-state index is 0.0178. The summed E-state index contributed by atoms with van der Waals surface area (Å²) >= 11 is 0. The minimum atomic E-state index is -0.485. The normalized spacial score (nSPS) is 10.4. The Hall–Kier alpha value is -3.66. The van der Waals surface area contributed by atoms with Crippen molar-refractivity contribution in [3.05, 3.63) is 59.7 Å². The molecule has 0 unspecified atom stereocenters. The van der Waals surface area contributed by atoms with E-state index in [4.69, 9.17) is 10.00 Å². The monoisotopic (exact) mass is 334 g/mol. The molecule has 0 bridgehead atoms. The Morgan fingerprint density at radius 1 is 1.28 bits per heavy atom. The molecule has 0 aliphatic rings. The SMILES string of the molecule is C=C(C)C(=O)OCc1ccc(O)c(-n2nc3ccc(C#N)cc3n2)c1. The average Bonchev–Trinajstić information content (AvgIpc) is 3.03. The van der Waals surface area contributed by atoms with Crippen molar-refractivity contribution in [3.63, 3.8) is 0 Å². The fraction of sp³-hybridized carbons (Fsp3) is 0.111. The zero-order valence-electron chi connectivity index (χ0n) is 13.4. The van der Waals surface area contributed by atoms with Crippen LogP contribution in [0.1, 0.15) is 18.1 Å². The van der Waals surface area contributed by atoms with Crippen molar-refractivity contribution in [1.82, 2.24) is 15.0 Å². The Bertz CT molecular complexity index is 1030. The Kier molecular flexibility index (Phi) is 4.18. The number of aromatic hydroxyl groups is 1. The number of nitriles is 1. The maximum Gasteiger partial charge on any atom is 0.333 e. The van der Waals surface area contributed by atoms with E-state index in [2.05, 4.69) is 16.8 Å². The van der Waals surface area contributed by atoms with Crippen LogP contribution in [0.15, 0.2) is 48.6 Å². The molecule has 124 valence electrons. The van der Waals surface area contributed by atoms with Gasteiger partial charge in [0, 0.05) is 5.57 Å². The lowest BCUT2D eigenvalue weighted by Gasteiger charge is -2.08. The van der Waals surface area contributed by atoms with Crippen molar-refractivity contribution < 1.29 is 14.6 Å². The molecule has 7 heteroatoms. The van der Waals surface area contributed by atoms with Crippen molar-refractivity contribution in [2.45, 2.75) is 13.5 Å². The van der Waals surface area contributed by atoms with E-state index in [0.29, 0.717) is 33.4 Å². The molecule has 1 aromatic heterocycles. The first-order chi connectivity index (χ1) is 12.0. The number of hydrogen-bond donors (Lipinski definition) is 1. The first-order valence-electron chi connectivity index (χ1n) is 7.40. The number of nitrogens with zero attached hydrogens (tertiary/aromatic N) is 4. The number of rotatable bonds is 4. The van der Waals surface area contributed by atoms with Gasteiger partial charge in [0.1, 0.15) is 29.1 Å². The van der Waals surface area contributed by atoms with Crippen LogP contribution < -0.4 is 0 Å². The summed E-state index contributed by atoms with van der Waals surface area (Å²) in [5.41, 5.74) is 2.94. The molecule has 0 atom stereocenters. The molecular weight excluding hydrogens is 320 g/mol. The summed E-state index contributed by atoms with van der Waals surface area (Å²) in [4.78, 5) is 12.8. The van der Waals surface area contributed by atoms with Gasteiger partial charge >= 0.3 is 5.97 Å². The lowest BCUT2D eigenvalue weighted by molar-refractivity contribution is -0.140.